The van der Waals surface area contributed by atoms with Gasteiger partial charge in [0.05, 0.1) is 5.25 Å². The molecule has 0 radical (unpaired) electrons. The van der Waals surface area contributed by atoms with Gasteiger partial charge in [0.2, 0.25) is 11.8 Å². The molecule has 0 aromatic heterocycles. The lowest BCUT2D eigenvalue weighted by Crippen LogP contribution is -2.51. The quantitative estimate of drug-likeness (QED) is 0.524. The minimum atomic E-state index is -2.96. The van der Waals surface area contributed by atoms with Crippen molar-refractivity contribution >= 4 is 21.7 Å². The summed E-state index contributed by atoms with van der Waals surface area (Å²) in [6, 6.07) is 0.648. The van der Waals surface area contributed by atoms with Gasteiger partial charge in [-0.2, -0.15) is 0 Å². The van der Waals surface area contributed by atoms with Crippen molar-refractivity contribution in [2.24, 2.45) is 17.8 Å². The third-order valence-corrected chi connectivity index (χ3v) is 11.9. The van der Waals surface area contributed by atoms with Gasteiger partial charge in [-0.15, -0.1) is 0 Å². The Morgan fingerprint density at radius 3 is 2.11 bits per heavy atom. The van der Waals surface area contributed by atoms with Crippen LogP contribution in [0, 0.1) is 17.8 Å². The minimum absolute atomic E-state index is 0.106. The predicted molar refractivity (Wildman–Crippen MR) is 140 cm³/mol. The molecule has 3 aliphatic carbocycles. The number of carbonyl (C=O) groups excluding carboxylic acids is 2. The van der Waals surface area contributed by atoms with E-state index >= 15 is 0 Å². The Balaban J connectivity index is 1.19. The average molecular weight is 509 g/mol. The van der Waals surface area contributed by atoms with Crippen LogP contribution in [0.2, 0.25) is 0 Å². The molecule has 200 valence electrons. The van der Waals surface area contributed by atoms with Crippen LogP contribution in [0.25, 0.3) is 0 Å². The van der Waals surface area contributed by atoms with Gasteiger partial charge in [0.1, 0.15) is 0 Å². The zero-order valence-corrected chi connectivity index (χ0v) is 22.7. The van der Waals surface area contributed by atoms with Crippen LogP contribution in [0.15, 0.2) is 0 Å². The van der Waals surface area contributed by atoms with Crippen molar-refractivity contribution in [2.75, 3.05) is 12.3 Å². The van der Waals surface area contributed by atoms with Crippen LogP contribution in [0.3, 0.4) is 0 Å². The van der Waals surface area contributed by atoms with E-state index in [2.05, 4.69) is 10.2 Å². The van der Waals surface area contributed by atoms with Crippen LogP contribution in [0.1, 0.15) is 116 Å². The number of carbonyl (C=O) groups is 2. The second-order valence-corrected chi connectivity index (χ2v) is 14.5. The molecule has 0 aromatic rings. The Hall–Kier alpha value is -1.11. The Kier molecular flexibility index (Phi) is 9.56. The molecule has 0 aromatic carbocycles. The summed E-state index contributed by atoms with van der Waals surface area (Å²) in [5.74, 6) is 1.85. The highest BCUT2D eigenvalue weighted by molar-refractivity contribution is 7.92. The monoisotopic (exact) mass is 508 g/mol. The maximum atomic E-state index is 13.5. The number of sulfone groups is 1. The van der Waals surface area contributed by atoms with Crippen molar-refractivity contribution < 1.29 is 18.0 Å². The summed E-state index contributed by atoms with van der Waals surface area (Å²) in [6.07, 6.45) is 17.3. The SMILES string of the molecule is CCS(=O)(=O)C1CCC(CC(=O)NC2CCC(C(=O)N3CCCCC3C3CCCCC3)CC2)CC1. The molecule has 3 saturated carbocycles. The second kappa shape index (κ2) is 12.4. The molecule has 1 aliphatic heterocycles. The zero-order chi connectivity index (χ0) is 24.8. The fourth-order valence-corrected chi connectivity index (χ4v) is 8.90. The molecule has 2 amide bonds. The summed E-state index contributed by atoms with van der Waals surface area (Å²) >= 11 is 0. The maximum absolute atomic E-state index is 13.5. The van der Waals surface area contributed by atoms with Crippen molar-refractivity contribution in [3.63, 3.8) is 0 Å². The first-order valence-electron chi connectivity index (χ1n) is 14.7. The molecular weight excluding hydrogens is 460 g/mol. The Labute approximate surface area is 213 Å². The van der Waals surface area contributed by atoms with Crippen molar-refractivity contribution in [1.29, 1.82) is 0 Å². The Morgan fingerprint density at radius 1 is 0.800 bits per heavy atom. The van der Waals surface area contributed by atoms with E-state index in [4.69, 9.17) is 0 Å². The summed E-state index contributed by atoms with van der Waals surface area (Å²) in [4.78, 5) is 28.5. The number of amides is 2. The molecule has 1 heterocycles. The van der Waals surface area contributed by atoms with Gasteiger partial charge < -0.3 is 10.2 Å². The largest absolute Gasteiger partial charge is 0.353 e. The maximum Gasteiger partial charge on any atom is 0.225 e. The molecule has 1 unspecified atom stereocenters. The lowest BCUT2D eigenvalue weighted by atomic mass is 9.78. The van der Waals surface area contributed by atoms with E-state index in [-0.39, 0.29) is 28.9 Å². The molecule has 7 heteroatoms. The van der Waals surface area contributed by atoms with E-state index in [9.17, 15) is 18.0 Å². The van der Waals surface area contributed by atoms with E-state index < -0.39 is 9.84 Å². The van der Waals surface area contributed by atoms with Crippen molar-refractivity contribution in [1.82, 2.24) is 10.2 Å². The first-order chi connectivity index (χ1) is 16.9. The Morgan fingerprint density at radius 2 is 1.46 bits per heavy atom. The van der Waals surface area contributed by atoms with Gasteiger partial charge in [-0.3, -0.25) is 9.59 Å². The molecule has 6 nitrogen and oxygen atoms in total. The van der Waals surface area contributed by atoms with Gasteiger partial charge in [-0.25, -0.2) is 8.42 Å². The molecule has 1 saturated heterocycles. The lowest BCUT2D eigenvalue weighted by molar-refractivity contribution is -0.142. The number of nitrogens with zero attached hydrogens (tertiary/aromatic N) is 1. The van der Waals surface area contributed by atoms with Gasteiger partial charge in [0.25, 0.3) is 0 Å². The molecular formula is C28H48N2O4S. The molecule has 4 rings (SSSR count). The van der Waals surface area contributed by atoms with Gasteiger partial charge in [0.15, 0.2) is 9.84 Å². The molecule has 35 heavy (non-hydrogen) atoms. The van der Waals surface area contributed by atoms with E-state index in [1.807, 2.05) is 0 Å². The summed E-state index contributed by atoms with van der Waals surface area (Å²) in [7, 11) is -2.96. The number of nitrogens with one attached hydrogen (secondary N) is 1. The average Bonchev–Trinajstić information content (AvgIpc) is 2.89. The van der Waals surface area contributed by atoms with Crippen LogP contribution in [-0.2, 0) is 19.4 Å². The predicted octanol–water partition coefficient (Wildman–Crippen LogP) is 5.01. The van der Waals surface area contributed by atoms with Crippen LogP contribution >= 0.6 is 0 Å². The van der Waals surface area contributed by atoms with Crippen LogP contribution in [-0.4, -0.2) is 54.8 Å². The van der Waals surface area contributed by atoms with E-state index in [0.29, 0.717) is 43.0 Å². The zero-order valence-electron chi connectivity index (χ0n) is 21.9. The third-order valence-electron chi connectivity index (χ3n) is 9.65. The van der Waals surface area contributed by atoms with Crippen LogP contribution < -0.4 is 5.32 Å². The van der Waals surface area contributed by atoms with Gasteiger partial charge >= 0.3 is 0 Å². The number of hydrogen-bond acceptors (Lipinski definition) is 4. The molecule has 4 fully saturated rings. The smallest absolute Gasteiger partial charge is 0.225 e. The van der Waals surface area contributed by atoms with Crippen molar-refractivity contribution in [2.45, 2.75) is 133 Å². The molecule has 1 atom stereocenters. The van der Waals surface area contributed by atoms with Gasteiger partial charge in [0, 0.05) is 36.7 Å². The fourth-order valence-electron chi connectivity index (χ4n) is 7.44. The summed E-state index contributed by atoms with van der Waals surface area (Å²) < 4.78 is 24.2. The normalized spacial score (nSPS) is 33.3. The second-order valence-electron chi connectivity index (χ2n) is 11.9. The van der Waals surface area contributed by atoms with Gasteiger partial charge in [-0.05, 0) is 95.3 Å². The van der Waals surface area contributed by atoms with Crippen LogP contribution in [0.4, 0.5) is 0 Å². The highest BCUT2D eigenvalue weighted by atomic mass is 32.2. The highest BCUT2D eigenvalue weighted by Gasteiger charge is 2.38. The molecule has 0 spiro atoms. The van der Waals surface area contributed by atoms with Gasteiger partial charge in [-0.1, -0.05) is 26.2 Å². The first-order valence-corrected chi connectivity index (χ1v) is 16.4. The van der Waals surface area contributed by atoms with Crippen molar-refractivity contribution in [3.05, 3.63) is 0 Å². The number of hydrogen-bond donors (Lipinski definition) is 1. The van der Waals surface area contributed by atoms with E-state index in [1.165, 1.54) is 44.9 Å². The molecule has 4 aliphatic rings. The first kappa shape index (κ1) is 26.9. The Bertz CT molecular complexity index is 807. The summed E-state index contributed by atoms with van der Waals surface area (Å²) in [5, 5.41) is 3.03. The summed E-state index contributed by atoms with van der Waals surface area (Å²) in [6.45, 7) is 2.66. The highest BCUT2D eigenvalue weighted by Crippen LogP contribution is 2.36. The summed E-state index contributed by atoms with van der Waals surface area (Å²) in [5.41, 5.74) is 0. The van der Waals surface area contributed by atoms with E-state index in [0.717, 1.165) is 51.5 Å². The number of likely N-dealkylation sites (tertiary alicyclic amines) is 1. The standard InChI is InChI=1S/C28H48N2O4S/c1-2-35(33,34)25-17-11-21(12-18-25)20-27(31)29-24-15-13-23(14-16-24)28(32)30-19-7-6-10-26(30)22-8-4-3-5-9-22/h21-26H,2-20H2,1H3,(H,29,31). The molecule has 1 N–H and O–H groups in total. The number of rotatable bonds is 7. The van der Waals surface area contributed by atoms with Crippen molar-refractivity contribution in [3.8, 4) is 0 Å². The van der Waals surface area contributed by atoms with Crippen LogP contribution in [0.5, 0.6) is 0 Å². The lowest BCUT2D eigenvalue weighted by Gasteiger charge is -2.44. The number of piperidine rings is 1. The topological polar surface area (TPSA) is 83.5 Å². The van der Waals surface area contributed by atoms with E-state index in [1.54, 1.807) is 6.92 Å². The molecule has 0 bridgehead atoms. The third kappa shape index (κ3) is 7.01. The minimum Gasteiger partial charge on any atom is -0.353 e. The fraction of sp³-hybridized carbons (Fsp3) is 0.929.